The van der Waals surface area contributed by atoms with E-state index in [4.69, 9.17) is 4.74 Å². The molecule has 3 aliphatic heterocycles. The van der Waals surface area contributed by atoms with Gasteiger partial charge in [0, 0.05) is 31.7 Å². The molecular formula is C11H20N2O. The van der Waals surface area contributed by atoms with Crippen LogP contribution in [0.1, 0.15) is 26.2 Å². The highest BCUT2D eigenvalue weighted by atomic mass is 16.5. The monoisotopic (exact) mass is 196 g/mol. The summed E-state index contributed by atoms with van der Waals surface area (Å²) in [5.41, 5.74) is 0. The Morgan fingerprint density at radius 2 is 2.29 bits per heavy atom. The molecule has 3 heteroatoms. The van der Waals surface area contributed by atoms with Crippen molar-refractivity contribution in [2.24, 2.45) is 0 Å². The van der Waals surface area contributed by atoms with Crippen LogP contribution in [0.15, 0.2) is 0 Å². The second-order valence-corrected chi connectivity index (χ2v) is 5.03. The molecule has 80 valence electrons. The third kappa shape index (κ3) is 1.47. The lowest BCUT2D eigenvalue weighted by Crippen LogP contribution is -2.55. The minimum Gasteiger partial charge on any atom is -0.373 e. The van der Waals surface area contributed by atoms with Crippen molar-refractivity contribution in [3.05, 3.63) is 0 Å². The van der Waals surface area contributed by atoms with Gasteiger partial charge in [0.15, 0.2) is 0 Å². The maximum atomic E-state index is 5.91. The van der Waals surface area contributed by atoms with E-state index in [0.717, 1.165) is 12.6 Å². The Bertz CT molecular complexity index is 221. The van der Waals surface area contributed by atoms with E-state index >= 15 is 0 Å². The third-order valence-corrected chi connectivity index (χ3v) is 3.94. The molecule has 0 aromatic carbocycles. The van der Waals surface area contributed by atoms with Crippen LogP contribution in [0, 0.1) is 0 Å². The molecule has 3 aliphatic rings. The molecule has 1 N–H and O–H groups in total. The van der Waals surface area contributed by atoms with Gasteiger partial charge >= 0.3 is 0 Å². The van der Waals surface area contributed by atoms with Crippen LogP contribution in [0.2, 0.25) is 0 Å². The lowest BCUT2D eigenvalue weighted by atomic mass is 9.93. The Balaban J connectivity index is 1.65. The number of hydrogen-bond acceptors (Lipinski definition) is 3. The summed E-state index contributed by atoms with van der Waals surface area (Å²) in [5.74, 6) is 0. The average Bonchev–Trinajstić information content (AvgIpc) is 2.78. The maximum absolute atomic E-state index is 5.91. The van der Waals surface area contributed by atoms with Gasteiger partial charge in [0.25, 0.3) is 0 Å². The summed E-state index contributed by atoms with van der Waals surface area (Å²) in [6.07, 6.45) is 5.05. The van der Waals surface area contributed by atoms with Crippen molar-refractivity contribution in [1.29, 1.82) is 0 Å². The molecule has 3 nitrogen and oxygen atoms in total. The zero-order chi connectivity index (χ0) is 9.54. The van der Waals surface area contributed by atoms with Crippen molar-refractivity contribution < 1.29 is 4.74 Å². The highest BCUT2D eigenvalue weighted by Gasteiger charge is 2.43. The molecule has 0 aromatic rings. The fourth-order valence-corrected chi connectivity index (χ4v) is 3.26. The first-order chi connectivity index (χ1) is 6.83. The average molecular weight is 196 g/mol. The van der Waals surface area contributed by atoms with Crippen LogP contribution in [0.25, 0.3) is 0 Å². The zero-order valence-electron chi connectivity index (χ0n) is 8.91. The third-order valence-electron chi connectivity index (χ3n) is 3.94. The Labute approximate surface area is 85.8 Å². The van der Waals surface area contributed by atoms with Gasteiger partial charge in [-0.2, -0.15) is 0 Å². The molecule has 3 rings (SSSR count). The van der Waals surface area contributed by atoms with Crippen molar-refractivity contribution in [2.75, 3.05) is 19.6 Å². The van der Waals surface area contributed by atoms with E-state index in [2.05, 4.69) is 17.1 Å². The van der Waals surface area contributed by atoms with E-state index in [1.807, 2.05) is 0 Å². The smallest absolute Gasteiger partial charge is 0.0735 e. The molecule has 3 saturated heterocycles. The molecule has 0 aromatic heterocycles. The van der Waals surface area contributed by atoms with Crippen LogP contribution >= 0.6 is 0 Å². The summed E-state index contributed by atoms with van der Waals surface area (Å²) in [6, 6.07) is 1.39. The molecule has 0 spiro atoms. The molecule has 14 heavy (non-hydrogen) atoms. The lowest BCUT2D eigenvalue weighted by molar-refractivity contribution is 0.0598. The Morgan fingerprint density at radius 3 is 2.93 bits per heavy atom. The van der Waals surface area contributed by atoms with Gasteiger partial charge in [0.2, 0.25) is 0 Å². The fourth-order valence-electron chi connectivity index (χ4n) is 3.26. The largest absolute Gasteiger partial charge is 0.373 e. The first kappa shape index (κ1) is 9.13. The number of piperazine rings is 1. The van der Waals surface area contributed by atoms with Crippen LogP contribution in [0.4, 0.5) is 0 Å². The van der Waals surface area contributed by atoms with Gasteiger partial charge in [-0.15, -0.1) is 0 Å². The molecule has 3 heterocycles. The van der Waals surface area contributed by atoms with Gasteiger partial charge in [-0.3, -0.25) is 4.90 Å². The van der Waals surface area contributed by atoms with Crippen LogP contribution in [-0.2, 0) is 4.74 Å². The van der Waals surface area contributed by atoms with Gasteiger partial charge in [-0.1, -0.05) is 0 Å². The fraction of sp³-hybridized carbons (Fsp3) is 1.00. The number of nitrogens with zero attached hydrogens (tertiary/aromatic N) is 1. The van der Waals surface area contributed by atoms with Gasteiger partial charge < -0.3 is 10.1 Å². The second-order valence-electron chi connectivity index (χ2n) is 5.03. The SMILES string of the molecule is CC1CN(C2CC3CCC2O3)CCN1. The minimum absolute atomic E-state index is 0.560. The van der Waals surface area contributed by atoms with Gasteiger partial charge in [0.1, 0.15) is 0 Å². The van der Waals surface area contributed by atoms with Crippen molar-refractivity contribution in [2.45, 2.75) is 50.5 Å². The van der Waals surface area contributed by atoms with E-state index in [0.29, 0.717) is 18.2 Å². The standard InChI is InChI=1S/C11H20N2O/c1-8-7-13(5-4-12-8)10-6-9-2-3-11(10)14-9/h8-12H,2-7H2,1H3. The molecule has 4 unspecified atom stereocenters. The number of hydrogen-bond donors (Lipinski definition) is 1. The Kier molecular flexibility index (Phi) is 2.26. The summed E-state index contributed by atoms with van der Waals surface area (Å²) < 4.78 is 5.91. The quantitative estimate of drug-likeness (QED) is 0.664. The van der Waals surface area contributed by atoms with Gasteiger partial charge in [0.05, 0.1) is 12.2 Å². The summed E-state index contributed by atoms with van der Waals surface area (Å²) >= 11 is 0. The predicted octanol–water partition coefficient (Wildman–Crippen LogP) is 0.600. The molecule has 0 aliphatic carbocycles. The van der Waals surface area contributed by atoms with Crippen molar-refractivity contribution >= 4 is 0 Å². The molecule has 4 atom stereocenters. The second kappa shape index (κ2) is 3.47. The van der Waals surface area contributed by atoms with Crippen molar-refractivity contribution in [3.8, 4) is 0 Å². The van der Waals surface area contributed by atoms with E-state index in [1.165, 1.54) is 32.4 Å². The molecular weight excluding hydrogens is 176 g/mol. The van der Waals surface area contributed by atoms with Crippen LogP contribution in [0.3, 0.4) is 0 Å². The first-order valence-electron chi connectivity index (χ1n) is 5.96. The van der Waals surface area contributed by atoms with E-state index in [1.54, 1.807) is 0 Å². The minimum atomic E-state index is 0.560. The Hall–Kier alpha value is -0.120. The first-order valence-corrected chi connectivity index (χ1v) is 5.96. The summed E-state index contributed by atoms with van der Waals surface area (Å²) in [6.45, 7) is 5.84. The van der Waals surface area contributed by atoms with E-state index in [-0.39, 0.29) is 0 Å². The van der Waals surface area contributed by atoms with Crippen LogP contribution in [0.5, 0.6) is 0 Å². The predicted molar refractivity (Wildman–Crippen MR) is 55.3 cm³/mol. The lowest BCUT2D eigenvalue weighted by Gasteiger charge is -2.38. The summed E-state index contributed by atoms with van der Waals surface area (Å²) in [4.78, 5) is 2.64. The summed E-state index contributed by atoms with van der Waals surface area (Å²) in [7, 11) is 0. The molecule has 0 amide bonds. The van der Waals surface area contributed by atoms with Crippen molar-refractivity contribution in [1.82, 2.24) is 10.2 Å². The molecule has 2 bridgehead atoms. The number of nitrogens with one attached hydrogen (secondary N) is 1. The number of rotatable bonds is 1. The normalized spacial score (nSPS) is 48.6. The number of fused-ring (bicyclic) bond motifs is 2. The topological polar surface area (TPSA) is 24.5 Å². The maximum Gasteiger partial charge on any atom is 0.0735 e. The van der Waals surface area contributed by atoms with Crippen LogP contribution in [-0.4, -0.2) is 48.8 Å². The molecule has 3 fully saturated rings. The van der Waals surface area contributed by atoms with E-state index < -0.39 is 0 Å². The number of ether oxygens (including phenoxy) is 1. The van der Waals surface area contributed by atoms with Crippen LogP contribution < -0.4 is 5.32 Å². The zero-order valence-corrected chi connectivity index (χ0v) is 8.91. The van der Waals surface area contributed by atoms with Crippen molar-refractivity contribution in [3.63, 3.8) is 0 Å². The highest BCUT2D eigenvalue weighted by molar-refractivity contribution is 4.96. The Morgan fingerprint density at radius 1 is 1.36 bits per heavy atom. The molecule has 0 saturated carbocycles. The summed E-state index contributed by atoms with van der Waals surface area (Å²) in [5, 5.41) is 3.50. The van der Waals surface area contributed by atoms with E-state index in [9.17, 15) is 0 Å². The van der Waals surface area contributed by atoms with Gasteiger partial charge in [-0.05, 0) is 26.2 Å². The molecule has 0 radical (unpaired) electrons. The highest BCUT2D eigenvalue weighted by Crippen LogP contribution is 2.37. The van der Waals surface area contributed by atoms with Gasteiger partial charge in [-0.25, -0.2) is 0 Å².